The molecule has 1 saturated heterocycles. The van der Waals surface area contributed by atoms with Gasteiger partial charge in [0.2, 0.25) is 5.91 Å². The minimum atomic E-state index is -0.299. The van der Waals surface area contributed by atoms with Crippen LogP contribution in [0.2, 0.25) is 0 Å². The Kier molecular flexibility index (Phi) is 4.66. The highest BCUT2D eigenvalue weighted by molar-refractivity contribution is 14.1. The molecule has 22 heavy (non-hydrogen) atoms. The third kappa shape index (κ3) is 3.43. The number of ether oxygens (including phenoxy) is 1. The Morgan fingerprint density at radius 3 is 2.59 bits per heavy atom. The number of hydrogen-bond donors (Lipinski definition) is 0. The first kappa shape index (κ1) is 15.3. The standard InChI is InChI=1S/C16H18IN3O2/c1-12(16(21)19-8-2-3-9-19)20-11-15(10-18-20)22-14-6-4-13(17)5-7-14/h4-7,10-12H,2-3,8-9H2,1H3. The van der Waals surface area contributed by atoms with E-state index in [9.17, 15) is 4.79 Å². The molecule has 0 bridgehead atoms. The van der Waals surface area contributed by atoms with Crippen LogP contribution in [0.25, 0.3) is 0 Å². The maximum absolute atomic E-state index is 12.4. The van der Waals surface area contributed by atoms with Gasteiger partial charge in [0, 0.05) is 16.7 Å². The maximum atomic E-state index is 12.4. The Balaban J connectivity index is 1.67. The predicted octanol–water partition coefficient (Wildman–Crippen LogP) is 3.46. The summed E-state index contributed by atoms with van der Waals surface area (Å²) in [5.74, 6) is 1.53. The highest BCUT2D eigenvalue weighted by Gasteiger charge is 2.25. The Labute approximate surface area is 143 Å². The Bertz CT molecular complexity index is 648. The SMILES string of the molecule is CC(C(=O)N1CCCC1)n1cc(Oc2ccc(I)cc2)cn1. The summed E-state index contributed by atoms with van der Waals surface area (Å²) in [5, 5.41) is 4.26. The largest absolute Gasteiger partial charge is 0.454 e. The lowest BCUT2D eigenvalue weighted by molar-refractivity contribution is -0.133. The lowest BCUT2D eigenvalue weighted by atomic mass is 10.3. The summed E-state index contributed by atoms with van der Waals surface area (Å²) in [6.07, 6.45) is 5.61. The minimum Gasteiger partial charge on any atom is -0.454 e. The van der Waals surface area contributed by atoms with Gasteiger partial charge in [0.1, 0.15) is 11.8 Å². The number of carbonyl (C=O) groups excluding carboxylic acids is 1. The Morgan fingerprint density at radius 1 is 1.23 bits per heavy atom. The van der Waals surface area contributed by atoms with Gasteiger partial charge in [-0.2, -0.15) is 5.10 Å². The van der Waals surface area contributed by atoms with Gasteiger partial charge in [0.15, 0.2) is 5.75 Å². The van der Waals surface area contributed by atoms with E-state index in [4.69, 9.17) is 4.74 Å². The summed E-state index contributed by atoms with van der Waals surface area (Å²) < 4.78 is 8.59. The summed E-state index contributed by atoms with van der Waals surface area (Å²) >= 11 is 2.25. The maximum Gasteiger partial charge on any atom is 0.247 e. The van der Waals surface area contributed by atoms with Gasteiger partial charge >= 0.3 is 0 Å². The van der Waals surface area contributed by atoms with Gasteiger partial charge in [-0.15, -0.1) is 0 Å². The lowest BCUT2D eigenvalue weighted by Crippen LogP contribution is -2.34. The van der Waals surface area contributed by atoms with Crippen LogP contribution in [0.15, 0.2) is 36.7 Å². The molecule has 2 aromatic rings. The molecular weight excluding hydrogens is 393 g/mol. The second-order valence-electron chi connectivity index (χ2n) is 5.42. The molecule has 5 nitrogen and oxygen atoms in total. The lowest BCUT2D eigenvalue weighted by Gasteiger charge is -2.20. The van der Waals surface area contributed by atoms with Crippen molar-refractivity contribution in [3.63, 3.8) is 0 Å². The first-order valence-electron chi connectivity index (χ1n) is 7.40. The van der Waals surface area contributed by atoms with E-state index in [2.05, 4.69) is 27.7 Å². The molecule has 0 aliphatic carbocycles. The van der Waals surface area contributed by atoms with Crippen LogP contribution in [0.3, 0.4) is 0 Å². The van der Waals surface area contributed by atoms with Crippen LogP contribution in [0.4, 0.5) is 0 Å². The van der Waals surface area contributed by atoms with Crippen LogP contribution in [-0.4, -0.2) is 33.7 Å². The molecule has 1 aromatic carbocycles. The number of carbonyl (C=O) groups is 1. The number of likely N-dealkylation sites (tertiary alicyclic amines) is 1. The van der Waals surface area contributed by atoms with Crippen molar-refractivity contribution in [3.05, 3.63) is 40.2 Å². The van der Waals surface area contributed by atoms with Gasteiger partial charge in [0.25, 0.3) is 0 Å². The van der Waals surface area contributed by atoms with Crippen molar-refractivity contribution in [2.45, 2.75) is 25.8 Å². The van der Waals surface area contributed by atoms with E-state index in [1.807, 2.05) is 36.1 Å². The number of rotatable bonds is 4. The summed E-state index contributed by atoms with van der Waals surface area (Å²) in [6.45, 7) is 3.59. The van der Waals surface area contributed by atoms with Crippen LogP contribution in [0.5, 0.6) is 11.5 Å². The van der Waals surface area contributed by atoms with Crippen molar-refractivity contribution in [1.82, 2.24) is 14.7 Å². The normalized spacial score (nSPS) is 15.8. The second-order valence-corrected chi connectivity index (χ2v) is 6.67. The van der Waals surface area contributed by atoms with Crippen molar-refractivity contribution in [2.75, 3.05) is 13.1 Å². The number of nitrogens with zero attached hydrogens (tertiary/aromatic N) is 3. The zero-order valence-corrected chi connectivity index (χ0v) is 14.6. The molecule has 0 radical (unpaired) electrons. The fraction of sp³-hybridized carbons (Fsp3) is 0.375. The first-order valence-corrected chi connectivity index (χ1v) is 8.48. The molecule has 0 saturated carbocycles. The molecule has 1 amide bonds. The van der Waals surface area contributed by atoms with E-state index >= 15 is 0 Å². The molecule has 0 spiro atoms. The van der Waals surface area contributed by atoms with Gasteiger partial charge in [-0.05, 0) is 66.6 Å². The van der Waals surface area contributed by atoms with E-state index in [-0.39, 0.29) is 11.9 Å². The van der Waals surface area contributed by atoms with Crippen LogP contribution in [0.1, 0.15) is 25.8 Å². The summed E-state index contributed by atoms with van der Waals surface area (Å²) in [5.41, 5.74) is 0. The van der Waals surface area contributed by atoms with Crippen LogP contribution < -0.4 is 4.74 Å². The van der Waals surface area contributed by atoms with Gasteiger partial charge in [-0.1, -0.05) is 0 Å². The average Bonchev–Trinajstić information content (AvgIpc) is 3.19. The monoisotopic (exact) mass is 411 g/mol. The second kappa shape index (κ2) is 6.68. The topological polar surface area (TPSA) is 47.4 Å². The fourth-order valence-electron chi connectivity index (χ4n) is 2.54. The summed E-state index contributed by atoms with van der Waals surface area (Å²) in [6, 6.07) is 7.50. The molecule has 0 N–H and O–H groups in total. The zero-order valence-electron chi connectivity index (χ0n) is 12.4. The molecule has 1 unspecified atom stereocenters. The van der Waals surface area contributed by atoms with Crippen LogP contribution in [0, 0.1) is 3.57 Å². The van der Waals surface area contributed by atoms with Gasteiger partial charge in [-0.25, -0.2) is 0 Å². The van der Waals surface area contributed by atoms with Crippen LogP contribution >= 0.6 is 22.6 Å². The van der Waals surface area contributed by atoms with E-state index in [0.717, 1.165) is 35.3 Å². The summed E-state index contributed by atoms with van der Waals surface area (Å²) in [7, 11) is 0. The van der Waals surface area contributed by atoms with Crippen LogP contribution in [-0.2, 0) is 4.79 Å². The van der Waals surface area contributed by atoms with Crippen molar-refractivity contribution < 1.29 is 9.53 Å². The number of halogens is 1. The van der Waals surface area contributed by atoms with Crippen molar-refractivity contribution in [1.29, 1.82) is 0 Å². The molecule has 6 heteroatoms. The first-order chi connectivity index (χ1) is 10.6. The number of amides is 1. The quantitative estimate of drug-likeness (QED) is 0.725. The number of hydrogen-bond acceptors (Lipinski definition) is 3. The Hall–Kier alpha value is -1.57. The predicted molar refractivity (Wildman–Crippen MR) is 92.0 cm³/mol. The molecule has 1 fully saturated rings. The molecule has 1 aliphatic rings. The average molecular weight is 411 g/mol. The van der Waals surface area contributed by atoms with Crippen molar-refractivity contribution in [3.8, 4) is 11.5 Å². The smallest absolute Gasteiger partial charge is 0.247 e. The molecule has 1 atom stereocenters. The molecule has 1 aromatic heterocycles. The highest BCUT2D eigenvalue weighted by atomic mass is 127. The molecule has 2 heterocycles. The van der Waals surface area contributed by atoms with Gasteiger partial charge in [-0.3, -0.25) is 9.48 Å². The number of benzene rings is 1. The van der Waals surface area contributed by atoms with Gasteiger partial charge in [0.05, 0.1) is 12.4 Å². The number of aromatic nitrogens is 2. The summed E-state index contributed by atoms with van der Waals surface area (Å²) in [4.78, 5) is 14.3. The third-order valence-electron chi connectivity index (χ3n) is 3.80. The Morgan fingerprint density at radius 2 is 1.91 bits per heavy atom. The highest BCUT2D eigenvalue weighted by Crippen LogP contribution is 2.23. The van der Waals surface area contributed by atoms with E-state index in [1.165, 1.54) is 0 Å². The van der Waals surface area contributed by atoms with Crippen molar-refractivity contribution in [2.24, 2.45) is 0 Å². The molecule has 1 aliphatic heterocycles. The van der Waals surface area contributed by atoms with Crippen molar-refractivity contribution >= 4 is 28.5 Å². The molecular formula is C16H18IN3O2. The van der Waals surface area contributed by atoms with E-state index in [0.29, 0.717) is 5.75 Å². The van der Waals surface area contributed by atoms with E-state index in [1.54, 1.807) is 17.1 Å². The fourth-order valence-corrected chi connectivity index (χ4v) is 2.90. The molecule has 3 rings (SSSR count). The van der Waals surface area contributed by atoms with E-state index < -0.39 is 0 Å². The minimum absolute atomic E-state index is 0.126. The zero-order chi connectivity index (χ0) is 15.5. The molecule has 116 valence electrons. The van der Waals surface area contributed by atoms with Gasteiger partial charge < -0.3 is 9.64 Å². The third-order valence-corrected chi connectivity index (χ3v) is 4.52.